The minimum Gasteiger partial charge on any atom is -0.385 e. The third-order valence-corrected chi connectivity index (χ3v) is 6.99. The summed E-state index contributed by atoms with van der Waals surface area (Å²) in [6.45, 7) is -4.48. The molecule has 0 saturated carbocycles. The highest BCUT2D eigenvalue weighted by molar-refractivity contribution is 7.71. The van der Waals surface area contributed by atoms with Crippen molar-refractivity contribution in [1.82, 2.24) is 9.55 Å². The minimum atomic E-state index is -6.37. The Morgan fingerprint density at radius 1 is 1.29 bits per heavy atom. The number of hydrogen-bond donors (Lipinski definition) is 7. The molecule has 0 radical (unpaired) electrons. The van der Waals surface area contributed by atoms with Crippen LogP contribution in [0.5, 0.6) is 0 Å². The van der Waals surface area contributed by atoms with Gasteiger partial charge in [0, 0.05) is 0 Å². The highest BCUT2D eigenvalue weighted by atomic mass is 32.1. The molecule has 1 fully saturated rings. The molecule has 2 unspecified atom stereocenters. The van der Waals surface area contributed by atoms with E-state index in [1.807, 2.05) is 0 Å². The van der Waals surface area contributed by atoms with Gasteiger partial charge in [-0.15, -0.1) is 0 Å². The van der Waals surface area contributed by atoms with Gasteiger partial charge in [-0.3, -0.25) is 18.9 Å². The van der Waals surface area contributed by atoms with Gasteiger partial charge in [-0.1, -0.05) is 0 Å². The highest BCUT2D eigenvalue weighted by Gasteiger charge is 2.57. The Morgan fingerprint density at radius 3 is 2.42 bits per heavy atom. The smallest absolute Gasteiger partial charge is 0.385 e. The predicted octanol–water partition coefficient (Wildman–Crippen LogP) is -0.695. The molecule has 16 nitrogen and oxygen atoms in total. The second-order valence-electron chi connectivity index (χ2n) is 5.37. The molecule has 22 heteroatoms. The summed E-state index contributed by atoms with van der Waals surface area (Å²) in [5.74, 6) is -6.18. The fourth-order valence-corrected chi connectivity index (χ4v) is 5.03. The topological polar surface area (TPSA) is 247 Å². The van der Waals surface area contributed by atoms with Crippen molar-refractivity contribution in [2.24, 2.45) is 0 Å². The number of aromatic nitrogens is 2. The molecule has 1 aromatic rings. The number of ether oxygens (including phenoxy) is 1. The molecule has 6 atom stereocenters. The first kappa shape index (κ1) is 22.1. The molecule has 2 heterocycles. The first-order chi connectivity index (χ1) is 15.0. The van der Waals surface area contributed by atoms with Crippen LogP contribution in [0, 0.1) is 10.6 Å². The van der Waals surface area contributed by atoms with Crippen molar-refractivity contribution in [2.45, 2.75) is 24.3 Å². The molecule has 2 rings (SSSR count). The van der Waals surface area contributed by atoms with Crippen LogP contribution in [0.2, 0.25) is 0 Å². The van der Waals surface area contributed by atoms with Crippen LogP contribution in [0.3, 0.4) is 0 Å². The van der Waals surface area contributed by atoms with Gasteiger partial charge >= 0.3 is 23.5 Å². The Bertz CT molecular complexity index is 1240. The minimum absolute atomic E-state index is 0.0369. The lowest BCUT2D eigenvalue weighted by Crippen LogP contribution is -2.42. The first-order valence-electron chi connectivity index (χ1n) is 8.58. The number of alkyl halides is 1. The number of H-pyrrole nitrogens is 1. The molecule has 0 bridgehead atoms. The number of phosphoric ester groups is 1. The van der Waals surface area contributed by atoms with E-state index >= 15 is 4.39 Å². The average Bonchev–Trinajstić information content (AvgIpc) is 2.76. The zero-order chi connectivity index (χ0) is 26.7. The Labute approximate surface area is 178 Å². The van der Waals surface area contributed by atoms with Crippen molar-refractivity contribution < 1.29 is 74.3 Å². The number of phosphoric acid groups is 3. The van der Waals surface area contributed by atoms with Gasteiger partial charge in [-0.05, 0) is 12.2 Å². The molecule has 0 aromatic carbocycles. The summed E-state index contributed by atoms with van der Waals surface area (Å²) < 4.78 is 99.8. The first-order valence-corrected chi connectivity index (χ1v) is 12.0. The summed E-state index contributed by atoms with van der Waals surface area (Å²) in [7, 11) is -18.4. The van der Waals surface area contributed by atoms with Gasteiger partial charge in [0.05, 0.1) is 10.3 Å². The molecular weight excluding hydrogens is 523 g/mol. The molecule has 0 amide bonds. The van der Waals surface area contributed by atoms with Crippen molar-refractivity contribution in [1.29, 1.82) is 0 Å². The van der Waals surface area contributed by atoms with Crippen LogP contribution in [-0.2, 0) is 31.6 Å². The summed E-state index contributed by atoms with van der Waals surface area (Å²) in [6.07, 6.45) is -9.39. The van der Waals surface area contributed by atoms with Gasteiger partial charge in [0.15, 0.2) is 11.0 Å². The number of nitrogens with one attached hydrogen (secondary N) is 1. The van der Waals surface area contributed by atoms with E-state index in [4.69, 9.17) is 18.8 Å². The van der Waals surface area contributed by atoms with Crippen LogP contribution in [0.1, 0.15) is 10.3 Å². The van der Waals surface area contributed by atoms with Crippen molar-refractivity contribution in [3.8, 4) is 0 Å². The van der Waals surface area contributed by atoms with Crippen molar-refractivity contribution in [3.63, 3.8) is 0 Å². The van der Waals surface area contributed by atoms with Gasteiger partial charge in [0.25, 0.3) is 11.4 Å². The van der Waals surface area contributed by atoms with E-state index in [1.54, 1.807) is 4.98 Å². The van der Waals surface area contributed by atoms with Crippen LogP contribution in [-0.4, -0.2) is 64.0 Å². The Hall–Kier alpha value is -0.750. The molecule has 1 aliphatic heterocycles. The van der Waals surface area contributed by atoms with Crippen LogP contribution < -0.4 is 5.56 Å². The zero-order valence-corrected chi connectivity index (χ0v) is 17.6. The molecular formula is C9H13F2N2O14P3S. The highest BCUT2D eigenvalue weighted by Crippen LogP contribution is 2.66. The SMILES string of the molecule is [2H]C([2H])(OP(=O)(O)OP(=O)(O)OP(=O)(O)O)[C@@]1(F)O[C@@]([2H])(n2cc(F)c(=O)[nH]c2=S)[C@H](O)[C@@H]1O. The van der Waals surface area contributed by atoms with E-state index in [9.17, 15) is 38.0 Å². The predicted molar refractivity (Wildman–Crippen MR) is 91.6 cm³/mol. The number of nitrogens with zero attached hydrogens (tertiary/aromatic N) is 1. The lowest BCUT2D eigenvalue weighted by Gasteiger charge is -2.24. The Balaban J connectivity index is 2.44. The lowest BCUT2D eigenvalue weighted by atomic mass is 10.1. The standard InChI is InChI=1S/C9H13F2N2O14P3S/c10-3-1-13(8(31)12-6(3)16)7-4(14)5(15)9(11,25-7)2-24-29(20,21)27-30(22,23)26-28(17,18)19/h1,4-5,7,14-15H,2H2,(H,20,21)(H,22,23)(H,12,16,31)(H2,17,18,19)/t4-,5+,7-,9-/m1/s1/i2D2,7D. The molecule has 178 valence electrons. The lowest BCUT2D eigenvalue weighted by molar-refractivity contribution is -0.204. The van der Waals surface area contributed by atoms with Gasteiger partial charge in [-0.25, -0.2) is 18.1 Å². The van der Waals surface area contributed by atoms with E-state index < -0.39 is 70.4 Å². The third kappa shape index (κ3) is 6.63. The normalized spacial score (nSPS) is 34.9. The maximum Gasteiger partial charge on any atom is 0.490 e. The second kappa shape index (κ2) is 8.89. The molecule has 1 saturated heterocycles. The average molecular weight is 539 g/mol. The van der Waals surface area contributed by atoms with Gasteiger partial charge in [-0.2, -0.15) is 13.0 Å². The van der Waals surface area contributed by atoms with Crippen LogP contribution in [0.4, 0.5) is 8.78 Å². The monoisotopic (exact) mass is 539 g/mol. The zero-order valence-electron chi connectivity index (χ0n) is 17.1. The van der Waals surface area contributed by atoms with E-state index in [0.29, 0.717) is 0 Å². The Kier molecular flexibility index (Phi) is 6.33. The van der Waals surface area contributed by atoms with Crippen molar-refractivity contribution >= 4 is 35.7 Å². The summed E-state index contributed by atoms with van der Waals surface area (Å²) in [5.41, 5.74) is -1.42. The largest absolute Gasteiger partial charge is 0.490 e. The number of aliphatic hydroxyl groups is 2. The molecule has 0 aliphatic carbocycles. The van der Waals surface area contributed by atoms with E-state index in [1.165, 1.54) is 0 Å². The van der Waals surface area contributed by atoms with Crippen LogP contribution in [0.15, 0.2) is 11.0 Å². The van der Waals surface area contributed by atoms with Crippen molar-refractivity contribution in [2.75, 3.05) is 6.56 Å². The molecule has 1 aliphatic rings. The number of halogens is 2. The summed E-state index contributed by atoms with van der Waals surface area (Å²) >= 11 is 4.62. The fourth-order valence-electron chi connectivity index (χ4n) is 1.91. The number of aliphatic hydroxyl groups excluding tert-OH is 2. The Morgan fingerprint density at radius 2 is 1.87 bits per heavy atom. The van der Waals surface area contributed by atoms with Gasteiger partial charge in [0.2, 0.25) is 5.82 Å². The molecule has 0 spiro atoms. The van der Waals surface area contributed by atoms with E-state index in [-0.39, 0.29) is 10.8 Å². The second-order valence-corrected chi connectivity index (χ2v) is 10.1. The van der Waals surface area contributed by atoms with Crippen LogP contribution >= 0.6 is 35.7 Å². The number of rotatable bonds is 8. The molecule has 31 heavy (non-hydrogen) atoms. The summed E-state index contributed by atoms with van der Waals surface area (Å²) in [4.78, 5) is 48.3. The number of hydrogen-bond acceptors (Lipinski definition) is 11. The maximum absolute atomic E-state index is 15.4. The summed E-state index contributed by atoms with van der Waals surface area (Å²) in [6, 6.07) is 0. The molecule has 7 N–H and O–H groups in total. The van der Waals surface area contributed by atoms with Gasteiger partial charge in [0.1, 0.15) is 18.8 Å². The van der Waals surface area contributed by atoms with E-state index in [2.05, 4.69) is 30.1 Å². The van der Waals surface area contributed by atoms with Gasteiger partial charge < -0.3 is 34.5 Å². The van der Waals surface area contributed by atoms with Crippen molar-refractivity contribution in [3.05, 3.63) is 27.1 Å². The maximum atomic E-state index is 15.4. The number of aromatic amines is 1. The molecule has 1 aromatic heterocycles. The summed E-state index contributed by atoms with van der Waals surface area (Å²) in [5, 5.41) is 20.1. The van der Waals surface area contributed by atoms with Crippen LogP contribution in [0.25, 0.3) is 0 Å². The third-order valence-electron chi connectivity index (χ3n) is 3.04. The quantitative estimate of drug-likeness (QED) is 0.159. The fraction of sp³-hybridized carbons (Fsp3) is 0.556. The van der Waals surface area contributed by atoms with E-state index in [0.717, 1.165) is 0 Å².